The van der Waals surface area contributed by atoms with Crippen LogP contribution in [0.2, 0.25) is 0 Å². The van der Waals surface area contributed by atoms with E-state index in [2.05, 4.69) is 6.92 Å². The van der Waals surface area contributed by atoms with Crippen LogP contribution in [0.5, 0.6) is 0 Å². The molecule has 0 saturated heterocycles. The van der Waals surface area contributed by atoms with Crippen molar-refractivity contribution < 1.29 is 24.9 Å². The maximum absolute atomic E-state index is 13.3. The zero-order valence-corrected chi connectivity index (χ0v) is 15.7. The fourth-order valence-corrected chi connectivity index (χ4v) is 7.12. The highest BCUT2D eigenvalue weighted by Crippen LogP contribution is 2.66. The molecule has 0 aliphatic heterocycles. The van der Waals surface area contributed by atoms with Crippen LogP contribution < -0.4 is 0 Å². The van der Waals surface area contributed by atoms with Gasteiger partial charge in [0.1, 0.15) is 11.9 Å². The third-order valence-corrected chi connectivity index (χ3v) is 8.59. The third kappa shape index (κ3) is 2.14. The fourth-order valence-electron chi connectivity index (χ4n) is 7.12. The molecule has 0 amide bonds. The van der Waals surface area contributed by atoms with Crippen molar-refractivity contribution in [3.05, 3.63) is 11.6 Å². The van der Waals surface area contributed by atoms with Crippen LogP contribution >= 0.6 is 0 Å². The van der Waals surface area contributed by atoms with E-state index in [1.165, 1.54) is 0 Å². The fraction of sp³-hybridized carbons (Fsp3) is 0.810. The summed E-state index contributed by atoms with van der Waals surface area (Å²) in [4.78, 5) is 25.2. The van der Waals surface area contributed by atoms with E-state index in [0.717, 1.165) is 31.3 Å². The molecule has 7 atom stereocenters. The average molecular weight is 362 g/mol. The van der Waals surface area contributed by atoms with E-state index in [-0.39, 0.29) is 41.2 Å². The van der Waals surface area contributed by atoms with Crippen LogP contribution in [0, 0.1) is 28.6 Å². The van der Waals surface area contributed by atoms with Crippen molar-refractivity contribution in [1.82, 2.24) is 0 Å². The highest BCUT2D eigenvalue weighted by Gasteiger charge is 2.68. The molecule has 0 aromatic rings. The van der Waals surface area contributed by atoms with Gasteiger partial charge in [0, 0.05) is 24.2 Å². The first kappa shape index (κ1) is 18.3. The minimum absolute atomic E-state index is 0.0951. The maximum atomic E-state index is 13.3. The zero-order chi connectivity index (χ0) is 18.9. The molecule has 0 bridgehead atoms. The first-order chi connectivity index (χ1) is 12.2. The number of rotatable bonds is 2. The molecule has 0 radical (unpaired) electrons. The van der Waals surface area contributed by atoms with Gasteiger partial charge in [0.2, 0.25) is 0 Å². The number of carbonyl (C=O) groups is 2. The lowest BCUT2D eigenvalue weighted by molar-refractivity contribution is -0.187. The molecule has 4 rings (SSSR count). The Hall–Kier alpha value is -1.04. The lowest BCUT2D eigenvalue weighted by Gasteiger charge is -2.58. The number of fused-ring (bicyclic) bond motifs is 5. The van der Waals surface area contributed by atoms with Gasteiger partial charge in [0.15, 0.2) is 5.78 Å². The summed E-state index contributed by atoms with van der Waals surface area (Å²) in [6, 6.07) is 0. The largest absolute Gasteiger partial charge is 0.394 e. The van der Waals surface area contributed by atoms with Crippen LogP contribution in [0.1, 0.15) is 58.8 Å². The summed E-state index contributed by atoms with van der Waals surface area (Å²) >= 11 is 0. The van der Waals surface area contributed by atoms with Gasteiger partial charge in [0.05, 0.1) is 12.2 Å². The van der Waals surface area contributed by atoms with Gasteiger partial charge >= 0.3 is 0 Å². The molecule has 0 aromatic heterocycles. The quantitative estimate of drug-likeness (QED) is 0.696. The monoisotopic (exact) mass is 362 g/mol. The lowest BCUT2D eigenvalue weighted by atomic mass is 9.45. The second-order valence-electron chi connectivity index (χ2n) is 9.56. The summed E-state index contributed by atoms with van der Waals surface area (Å²) in [5, 5.41) is 31.0. The van der Waals surface area contributed by atoms with Crippen molar-refractivity contribution in [2.75, 3.05) is 6.61 Å². The van der Waals surface area contributed by atoms with Crippen LogP contribution in [-0.2, 0) is 9.59 Å². The first-order valence-electron chi connectivity index (χ1n) is 9.95. The van der Waals surface area contributed by atoms with Gasteiger partial charge in [0.25, 0.3) is 0 Å². The van der Waals surface area contributed by atoms with Gasteiger partial charge in [-0.1, -0.05) is 19.4 Å². The predicted octanol–water partition coefficient (Wildman–Crippen LogP) is 1.78. The van der Waals surface area contributed by atoms with Gasteiger partial charge in [-0.3, -0.25) is 9.59 Å². The maximum Gasteiger partial charge on any atom is 0.155 e. The van der Waals surface area contributed by atoms with Crippen LogP contribution in [0.15, 0.2) is 11.6 Å². The van der Waals surface area contributed by atoms with E-state index in [9.17, 15) is 24.9 Å². The minimum Gasteiger partial charge on any atom is -0.394 e. The molecule has 4 aliphatic rings. The molecule has 4 aliphatic carbocycles. The van der Waals surface area contributed by atoms with Gasteiger partial charge in [-0.25, -0.2) is 0 Å². The second-order valence-corrected chi connectivity index (χ2v) is 9.56. The van der Waals surface area contributed by atoms with Gasteiger partial charge in [-0.05, 0) is 55.4 Å². The second kappa shape index (κ2) is 5.73. The molecule has 0 unspecified atom stereocenters. The predicted molar refractivity (Wildman–Crippen MR) is 95.1 cm³/mol. The lowest BCUT2D eigenvalue weighted by Crippen LogP contribution is -2.62. The standard InChI is InChI=1S/C21H30O5/c1-19-7-5-13(23)9-12(19)3-4-14-15-6-8-21(26,17(25)11-22)20(15,2)10-16(24)18(14)19/h9,14-15,17-18,22,25-26H,3-8,10-11H2,1-2H3/t14-,15-,17+,18+,19+,20-,21-/m1/s1. The van der Waals surface area contributed by atoms with Crippen molar-refractivity contribution in [1.29, 1.82) is 0 Å². The average Bonchev–Trinajstić information content (AvgIpc) is 2.86. The molecule has 0 aromatic carbocycles. The van der Waals surface area contributed by atoms with Gasteiger partial charge in [-0.2, -0.15) is 0 Å². The normalized spacial score (nSPS) is 49.1. The summed E-state index contributed by atoms with van der Waals surface area (Å²) < 4.78 is 0. The van der Waals surface area contributed by atoms with Crippen molar-refractivity contribution in [3.8, 4) is 0 Å². The van der Waals surface area contributed by atoms with Crippen LogP contribution in [0.4, 0.5) is 0 Å². The molecule has 3 N–H and O–H groups in total. The topological polar surface area (TPSA) is 94.8 Å². The summed E-state index contributed by atoms with van der Waals surface area (Å²) in [5.74, 6) is 0.568. The smallest absolute Gasteiger partial charge is 0.155 e. The van der Waals surface area contributed by atoms with E-state index in [4.69, 9.17) is 0 Å². The van der Waals surface area contributed by atoms with Crippen LogP contribution in [0.25, 0.3) is 0 Å². The molecule has 0 heterocycles. The number of allylic oxidation sites excluding steroid dienone is 1. The van der Waals surface area contributed by atoms with Crippen molar-refractivity contribution >= 4 is 11.6 Å². The Balaban J connectivity index is 1.74. The number of hydrogen-bond donors (Lipinski definition) is 3. The molecule has 5 nitrogen and oxygen atoms in total. The SMILES string of the molecule is C[C@]12CCC(=O)C=C1CC[C@H]1[C@H]2C(=O)C[C@]2(C)[C@@H]1CC[C@@]2(O)[C@@H](O)CO. The van der Waals surface area contributed by atoms with Crippen molar-refractivity contribution in [2.24, 2.45) is 28.6 Å². The number of carbonyl (C=O) groups excluding carboxylic acids is 2. The first-order valence-corrected chi connectivity index (χ1v) is 9.95. The Morgan fingerprint density at radius 2 is 1.92 bits per heavy atom. The molecule has 0 spiro atoms. The van der Waals surface area contributed by atoms with Crippen molar-refractivity contribution in [2.45, 2.75) is 70.5 Å². The van der Waals surface area contributed by atoms with Crippen LogP contribution in [-0.4, -0.2) is 45.2 Å². The summed E-state index contributed by atoms with van der Waals surface area (Å²) in [6.45, 7) is 3.58. The zero-order valence-electron chi connectivity index (χ0n) is 15.7. The highest BCUT2D eigenvalue weighted by atomic mass is 16.4. The Labute approximate surface area is 154 Å². The Bertz CT molecular complexity index is 684. The van der Waals surface area contributed by atoms with E-state index in [1.807, 2.05) is 6.92 Å². The van der Waals surface area contributed by atoms with Gasteiger partial charge < -0.3 is 15.3 Å². The van der Waals surface area contributed by atoms with E-state index in [0.29, 0.717) is 12.8 Å². The minimum atomic E-state index is -1.41. The molecular weight excluding hydrogens is 332 g/mol. The van der Waals surface area contributed by atoms with Crippen LogP contribution in [0.3, 0.4) is 0 Å². The Morgan fingerprint density at radius 1 is 1.19 bits per heavy atom. The Morgan fingerprint density at radius 3 is 2.62 bits per heavy atom. The molecule has 26 heavy (non-hydrogen) atoms. The summed E-state index contributed by atoms with van der Waals surface area (Å²) in [6.07, 6.45) is 4.93. The number of Topliss-reactive ketones (excluding diaryl/α,β-unsaturated/α-hetero) is 1. The molecular formula is C21H30O5. The molecule has 5 heteroatoms. The highest BCUT2D eigenvalue weighted by molar-refractivity contribution is 5.93. The van der Waals surface area contributed by atoms with Crippen molar-refractivity contribution in [3.63, 3.8) is 0 Å². The van der Waals surface area contributed by atoms with E-state index >= 15 is 0 Å². The molecule has 144 valence electrons. The summed E-state index contributed by atoms with van der Waals surface area (Å²) in [5.41, 5.74) is -1.22. The van der Waals surface area contributed by atoms with E-state index in [1.54, 1.807) is 6.08 Å². The van der Waals surface area contributed by atoms with E-state index < -0.39 is 23.7 Å². The van der Waals surface area contributed by atoms with Gasteiger partial charge in [-0.15, -0.1) is 0 Å². The molecule has 3 saturated carbocycles. The Kier molecular flexibility index (Phi) is 4.04. The number of hydrogen-bond acceptors (Lipinski definition) is 5. The summed E-state index contributed by atoms with van der Waals surface area (Å²) in [7, 11) is 0. The third-order valence-electron chi connectivity index (χ3n) is 8.59. The molecule has 3 fully saturated rings. The number of aliphatic hydroxyl groups is 3. The number of ketones is 2. The number of aliphatic hydroxyl groups excluding tert-OH is 2.